The van der Waals surface area contributed by atoms with Crippen LogP contribution in [0.2, 0.25) is 10.0 Å². The van der Waals surface area contributed by atoms with Crippen molar-refractivity contribution in [2.45, 2.75) is 23.5 Å². The Morgan fingerprint density at radius 1 is 0.867 bits per heavy atom. The zero-order valence-electron chi connectivity index (χ0n) is 16.2. The van der Waals surface area contributed by atoms with Crippen LogP contribution in [0.3, 0.4) is 0 Å². The summed E-state index contributed by atoms with van der Waals surface area (Å²) >= 11 is 13.4. The number of carbonyl (C=O) groups excluding carboxylic acids is 2. The SMILES string of the molecule is CCC(Sc1cccc(NC(=O)c2cccc(Cl)c2)c1)C(=O)Nc1cccc(Cl)c1. The van der Waals surface area contributed by atoms with Crippen LogP contribution >= 0.6 is 35.0 Å². The lowest BCUT2D eigenvalue weighted by atomic mass is 10.2. The first-order valence-electron chi connectivity index (χ1n) is 9.34. The standard InChI is InChI=1S/C23H20Cl2N2O2S/c1-2-21(23(29)27-18-9-4-8-17(25)13-18)30-20-11-5-10-19(14-20)26-22(28)15-6-3-7-16(24)12-15/h3-14,21H,2H2,1H3,(H,26,28)(H,27,29). The lowest BCUT2D eigenvalue weighted by Crippen LogP contribution is -2.24. The van der Waals surface area contributed by atoms with Gasteiger partial charge in [0.15, 0.2) is 0 Å². The molecule has 30 heavy (non-hydrogen) atoms. The number of nitrogens with one attached hydrogen (secondary N) is 2. The number of benzene rings is 3. The summed E-state index contributed by atoms with van der Waals surface area (Å²) < 4.78 is 0. The average Bonchev–Trinajstić information content (AvgIpc) is 2.72. The molecule has 0 spiro atoms. The number of hydrogen-bond donors (Lipinski definition) is 2. The molecule has 0 aliphatic rings. The van der Waals surface area contributed by atoms with Crippen LogP contribution in [0.15, 0.2) is 77.7 Å². The van der Waals surface area contributed by atoms with Crippen molar-refractivity contribution in [3.05, 3.63) is 88.4 Å². The second kappa shape index (κ2) is 10.5. The fourth-order valence-corrected chi connectivity index (χ4v) is 4.15. The summed E-state index contributed by atoms with van der Waals surface area (Å²) in [7, 11) is 0. The van der Waals surface area contributed by atoms with Crippen molar-refractivity contribution in [3.63, 3.8) is 0 Å². The average molecular weight is 459 g/mol. The maximum Gasteiger partial charge on any atom is 0.255 e. The lowest BCUT2D eigenvalue weighted by Gasteiger charge is -2.15. The van der Waals surface area contributed by atoms with Crippen molar-refractivity contribution in [1.29, 1.82) is 0 Å². The van der Waals surface area contributed by atoms with Crippen LogP contribution in [-0.2, 0) is 4.79 Å². The molecule has 3 aromatic rings. The third-order valence-corrected chi connectivity index (χ3v) is 6.04. The van der Waals surface area contributed by atoms with Crippen LogP contribution in [-0.4, -0.2) is 17.1 Å². The van der Waals surface area contributed by atoms with Gasteiger partial charge in [0.05, 0.1) is 5.25 Å². The Kier molecular flexibility index (Phi) is 7.80. The third-order valence-electron chi connectivity index (χ3n) is 4.21. The van der Waals surface area contributed by atoms with Gasteiger partial charge in [0.2, 0.25) is 5.91 Å². The molecule has 3 aromatic carbocycles. The molecule has 154 valence electrons. The van der Waals surface area contributed by atoms with Crippen LogP contribution in [0.5, 0.6) is 0 Å². The smallest absolute Gasteiger partial charge is 0.255 e. The Bertz CT molecular complexity index is 1060. The maximum absolute atomic E-state index is 12.7. The summed E-state index contributed by atoms with van der Waals surface area (Å²) in [5, 5.41) is 6.55. The number of halogens is 2. The molecule has 0 bridgehead atoms. The largest absolute Gasteiger partial charge is 0.325 e. The fraction of sp³-hybridized carbons (Fsp3) is 0.130. The Balaban J connectivity index is 1.67. The highest BCUT2D eigenvalue weighted by molar-refractivity contribution is 8.00. The van der Waals surface area contributed by atoms with Gasteiger partial charge in [-0.1, -0.05) is 48.3 Å². The fourth-order valence-electron chi connectivity index (χ4n) is 2.76. The summed E-state index contributed by atoms with van der Waals surface area (Å²) in [6, 6.07) is 21.2. The first-order valence-corrected chi connectivity index (χ1v) is 11.0. The van der Waals surface area contributed by atoms with E-state index in [9.17, 15) is 9.59 Å². The van der Waals surface area contributed by atoms with Gasteiger partial charge >= 0.3 is 0 Å². The molecule has 4 nitrogen and oxygen atoms in total. The Hall–Kier alpha value is -2.47. The van der Waals surface area contributed by atoms with Gasteiger partial charge in [0, 0.05) is 31.9 Å². The molecule has 2 amide bonds. The molecule has 1 atom stereocenters. The third kappa shape index (κ3) is 6.26. The normalized spacial score (nSPS) is 11.6. The minimum atomic E-state index is -0.289. The highest BCUT2D eigenvalue weighted by Crippen LogP contribution is 2.29. The predicted octanol–water partition coefficient (Wildman–Crippen LogP) is 6.76. The number of thioether (sulfide) groups is 1. The van der Waals surface area contributed by atoms with Crippen LogP contribution < -0.4 is 10.6 Å². The van der Waals surface area contributed by atoms with E-state index in [-0.39, 0.29) is 17.1 Å². The number of carbonyl (C=O) groups is 2. The molecule has 7 heteroatoms. The Labute approximate surface area is 190 Å². The molecule has 2 N–H and O–H groups in total. The summed E-state index contributed by atoms with van der Waals surface area (Å²) in [6.07, 6.45) is 0.649. The molecule has 0 radical (unpaired) electrons. The van der Waals surface area contributed by atoms with Crippen molar-refractivity contribution in [3.8, 4) is 0 Å². The second-order valence-electron chi connectivity index (χ2n) is 6.51. The highest BCUT2D eigenvalue weighted by atomic mass is 35.5. The lowest BCUT2D eigenvalue weighted by molar-refractivity contribution is -0.115. The Morgan fingerprint density at radius 2 is 1.50 bits per heavy atom. The van der Waals surface area contributed by atoms with Gasteiger partial charge in [0.25, 0.3) is 5.91 Å². The topological polar surface area (TPSA) is 58.2 Å². The summed E-state index contributed by atoms with van der Waals surface area (Å²) in [5.41, 5.74) is 1.79. The van der Waals surface area contributed by atoms with Gasteiger partial charge in [-0.25, -0.2) is 0 Å². The molecular weight excluding hydrogens is 439 g/mol. The molecule has 0 aromatic heterocycles. The van der Waals surface area contributed by atoms with Crippen molar-refractivity contribution in [1.82, 2.24) is 0 Å². The molecule has 0 saturated carbocycles. The number of anilines is 2. The van der Waals surface area contributed by atoms with E-state index in [0.717, 1.165) is 4.90 Å². The van der Waals surface area contributed by atoms with Crippen LogP contribution in [0.1, 0.15) is 23.7 Å². The second-order valence-corrected chi connectivity index (χ2v) is 8.66. The van der Waals surface area contributed by atoms with Gasteiger partial charge in [0.1, 0.15) is 0 Å². The first kappa shape index (κ1) is 22.2. The first-order chi connectivity index (χ1) is 14.4. The monoisotopic (exact) mass is 458 g/mol. The van der Waals surface area contributed by atoms with E-state index in [1.165, 1.54) is 11.8 Å². The van der Waals surface area contributed by atoms with Gasteiger partial charge in [-0.05, 0) is 61.0 Å². The molecule has 0 saturated heterocycles. The van der Waals surface area contributed by atoms with Gasteiger partial charge in [-0.3, -0.25) is 9.59 Å². The van der Waals surface area contributed by atoms with E-state index >= 15 is 0 Å². The van der Waals surface area contributed by atoms with Crippen molar-refractivity contribution >= 4 is 58.2 Å². The summed E-state index contributed by atoms with van der Waals surface area (Å²) in [6.45, 7) is 1.96. The van der Waals surface area contributed by atoms with Crippen molar-refractivity contribution in [2.24, 2.45) is 0 Å². The zero-order chi connectivity index (χ0) is 21.5. The molecule has 0 fully saturated rings. The Morgan fingerprint density at radius 3 is 2.17 bits per heavy atom. The maximum atomic E-state index is 12.7. The molecule has 1 unspecified atom stereocenters. The van der Waals surface area contributed by atoms with E-state index in [0.29, 0.717) is 33.4 Å². The number of rotatable bonds is 7. The quantitative estimate of drug-likeness (QED) is 0.384. The minimum absolute atomic E-state index is 0.0990. The molecular formula is C23H20Cl2N2O2S. The zero-order valence-corrected chi connectivity index (χ0v) is 18.5. The molecule has 0 aliphatic heterocycles. The highest BCUT2D eigenvalue weighted by Gasteiger charge is 2.18. The van der Waals surface area contributed by atoms with E-state index in [2.05, 4.69) is 10.6 Å². The summed E-state index contributed by atoms with van der Waals surface area (Å²) in [5.74, 6) is -0.344. The number of hydrogen-bond acceptors (Lipinski definition) is 3. The van der Waals surface area contributed by atoms with Crippen LogP contribution in [0.4, 0.5) is 11.4 Å². The van der Waals surface area contributed by atoms with Crippen LogP contribution in [0.25, 0.3) is 0 Å². The van der Waals surface area contributed by atoms with Crippen LogP contribution in [0, 0.1) is 0 Å². The minimum Gasteiger partial charge on any atom is -0.325 e. The van der Waals surface area contributed by atoms with Gasteiger partial charge in [-0.15, -0.1) is 11.8 Å². The predicted molar refractivity (Wildman–Crippen MR) is 126 cm³/mol. The molecule has 3 rings (SSSR count). The molecule has 0 aliphatic carbocycles. The summed E-state index contributed by atoms with van der Waals surface area (Å²) in [4.78, 5) is 26.0. The van der Waals surface area contributed by atoms with E-state index < -0.39 is 0 Å². The van der Waals surface area contributed by atoms with Gasteiger partial charge < -0.3 is 10.6 Å². The van der Waals surface area contributed by atoms with E-state index in [1.54, 1.807) is 54.6 Å². The van der Waals surface area contributed by atoms with Gasteiger partial charge in [-0.2, -0.15) is 0 Å². The van der Waals surface area contributed by atoms with Crippen molar-refractivity contribution in [2.75, 3.05) is 10.6 Å². The number of amides is 2. The van der Waals surface area contributed by atoms with E-state index in [4.69, 9.17) is 23.2 Å². The van der Waals surface area contributed by atoms with Crippen molar-refractivity contribution < 1.29 is 9.59 Å². The van der Waals surface area contributed by atoms with E-state index in [1.807, 2.05) is 25.1 Å². The molecule has 0 heterocycles.